The van der Waals surface area contributed by atoms with Crippen molar-refractivity contribution in [3.8, 4) is 0 Å². The van der Waals surface area contributed by atoms with Crippen LogP contribution in [0.4, 0.5) is 5.69 Å². The third-order valence-corrected chi connectivity index (χ3v) is 6.13. The number of benzene rings is 2. The van der Waals surface area contributed by atoms with E-state index in [9.17, 15) is 9.59 Å². The molecule has 2 amide bonds. The Kier molecular flexibility index (Phi) is 6.78. The van der Waals surface area contributed by atoms with Gasteiger partial charge in [0.05, 0.1) is 15.0 Å². The molecule has 2 aromatic rings. The van der Waals surface area contributed by atoms with Gasteiger partial charge >= 0.3 is 0 Å². The zero-order chi connectivity index (χ0) is 20.3. The van der Waals surface area contributed by atoms with E-state index in [0.717, 1.165) is 11.1 Å². The van der Waals surface area contributed by atoms with Crippen LogP contribution in [-0.2, 0) is 9.59 Å². The highest BCUT2D eigenvalue weighted by Gasteiger charge is 2.32. The minimum absolute atomic E-state index is 0.116. The topological polar surface area (TPSA) is 49.4 Å². The number of thiocarbonyl (C=S) groups is 1. The molecule has 1 aliphatic rings. The van der Waals surface area contributed by atoms with Crippen LogP contribution in [-0.4, -0.2) is 27.6 Å². The summed E-state index contributed by atoms with van der Waals surface area (Å²) in [4.78, 5) is 26.8. The largest absolute Gasteiger partial charge is 0.326 e. The summed E-state index contributed by atoms with van der Waals surface area (Å²) in [5.74, 6) is -0.423. The van der Waals surface area contributed by atoms with Gasteiger partial charge in [0.1, 0.15) is 4.32 Å². The highest BCUT2D eigenvalue weighted by atomic mass is 35.5. The predicted molar refractivity (Wildman–Crippen MR) is 121 cm³/mol. The molecule has 1 N–H and O–H groups in total. The van der Waals surface area contributed by atoms with Crippen molar-refractivity contribution in [2.75, 3.05) is 11.9 Å². The Morgan fingerprint density at radius 1 is 1.18 bits per heavy atom. The van der Waals surface area contributed by atoms with E-state index >= 15 is 0 Å². The van der Waals surface area contributed by atoms with Crippen LogP contribution in [0.2, 0.25) is 10.0 Å². The summed E-state index contributed by atoms with van der Waals surface area (Å²) in [6, 6.07) is 12.7. The van der Waals surface area contributed by atoms with Gasteiger partial charge in [0, 0.05) is 18.7 Å². The van der Waals surface area contributed by atoms with Crippen LogP contribution in [0.3, 0.4) is 0 Å². The van der Waals surface area contributed by atoms with Crippen molar-refractivity contribution in [1.82, 2.24) is 4.90 Å². The lowest BCUT2D eigenvalue weighted by Crippen LogP contribution is -2.31. The maximum Gasteiger partial charge on any atom is 0.266 e. The van der Waals surface area contributed by atoms with E-state index in [1.807, 2.05) is 37.3 Å². The number of anilines is 1. The molecule has 28 heavy (non-hydrogen) atoms. The van der Waals surface area contributed by atoms with Crippen LogP contribution in [0.1, 0.15) is 17.5 Å². The fourth-order valence-corrected chi connectivity index (χ4v) is 4.12. The van der Waals surface area contributed by atoms with E-state index in [1.165, 1.54) is 16.7 Å². The van der Waals surface area contributed by atoms with Gasteiger partial charge in [0.15, 0.2) is 0 Å². The molecule has 0 saturated carbocycles. The predicted octanol–water partition coefficient (Wildman–Crippen LogP) is 5.53. The summed E-state index contributed by atoms with van der Waals surface area (Å²) in [5.41, 5.74) is 2.63. The molecule has 0 aliphatic carbocycles. The van der Waals surface area contributed by atoms with E-state index in [1.54, 1.807) is 18.2 Å². The monoisotopic (exact) mass is 450 g/mol. The van der Waals surface area contributed by atoms with Crippen molar-refractivity contribution in [2.24, 2.45) is 0 Å². The summed E-state index contributed by atoms with van der Waals surface area (Å²) < 4.78 is 0.450. The first-order valence-corrected chi connectivity index (χ1v) is 10.4. The molecule has 1 saturated heterocycles. The van der Waals surface area contributed by atoms with Crippen LogP contribution in [0.5, 0.6) is 0 Å². The number of nitrogens with zero attached hydrogens (tertiary/aromatic N) is 1. The SMILES string of the molecule is Cc1ccc(/C=C2/SC(=S)N(CCC(=O)Nc3ccc(Cl)c(Cl)c3)C2=O)cc1. The van der Waals surface area contributed by atoms with Crippen LogP contribution in [0, 0.1) is 6.92 Å². The van der Waals surface area contributed by atoms with Gasteiger partial charge in [-0.05, 0) is 36.8 Å². The number of nitrogens with one attached hydrogen (secondary N) is 1. The Balaban J connectivity index is 1.60. The molecule has 1 aliphatic heterocycles. The number of rotatable bonds is 5. The Bertz CT molecular complexity index is 975. The fraction of sp³-hybridized carbons (Fsp3) is 0.150. The smallest absolute Gasteiger partial charge is 0.266 e. The van der Waals surface area contributed by atoms with Gasteiger partial charge in [-0.1, -0.05) is 77.0 Å². The van der Waals surface area contributed by atoms with Crippen molar-refractivity contribution < 1.29 is 9.59 Å². The van der Waals surface area contributed by atoms with Gasteiger partial charge < -0.3 is 5.32 Å². The van der Waals surface area contributed by atoms with Crippen LogP contribution >= 0.6 is 47.2 Å². The first kappa shape index (κ1) is 20.9. The lowest BCUT2D eigenvalue weighted by Gasteiger charge is -2.14. The fourth-order valence-electron chi connectivity index (χ4n) is 2.52. The van der Waals surface area contributed by atoms with Gasteiger partial charge in [0.25, 0.3) is 5.91 Å². The second kappa shape index (κ2) is 9.09. The van der Waals surface area contributed by atoms with Crippen LogP contribution < -0.4 is 5.32 Å². The Morgan fingerprint density at radius 2 is 1.89 bits per heavy atom. The van der Waals surface area contributed by atoms with E-state index in [4.69, 9.17) is 35.4 Å². The lowest BCUT2D eigenvalue weighted by molar-refractivity contribution is -0.122. The third-order valence-electron chi connectivity index (χ3n) is 4.01. The highest BCUT2D eigenvalue weighted by molar-refractivity contribution is 8.26. The zero-order valence-corrected chi connectivity index (χ0v) is 18.0. The van der Waals surface area contributed by atoms with Crippen LogP contribution in [0.15, 0.2) is 47.4 Å². The number of thioether (sulfide) groups is 1. The Hall–Kier alpha value is -1.86. The normalized spacial score (nSPS) is 15.4. The molecule has 8 heteroatoms. The molecule has 0 aromatic heterocycles. The molecule has 2 aromatic carbocycles. The maximum atomic E-state index is 12.6. The zero-order valence-electron chi connectivity index (χ0n) is 14.9. The first-order chi connectivity index (χ1) is 13.3. The summed E-state index contributed by atoms with van der Waals surface area (Å²) in [7, 11) is 0. The summed E-state index contributed by atoms with van der Waals surface area (Å²) >= 11 is 18.4. The molecule has 1 fully saturated rings. The van der Waals surface area contributed by atoms with E-state index in [-0.39, 0.29) is 24.8 Å². The molecule has 0 unspecified atom stereocenters. The van der Waals surface area contributed by atoms with Crippen molar-refractivity contribution in [3.05, 3.63) is 68.5 Å². The molecular weight excluding hydrogens is 435 g/mol. The van der Waals surface area contributed by atoms with E-state index < -0.39 is 0 Å². The number of halogens is 2. The third kappa shape index (κ3) is 5.14. The molecule has 1 heterocycles. The summed E-state index contributed by atoms with van der Waals surface area (Å²) in [5, 5.41) is 3.51. The second-order valence-corrected chi connectivity index (χ2v) is 8.66. The highest BCUT2D eigenvalue weighted by Crippen LogP contribution is 2.32. The molecule has 0 bridgehead atoms. The number of amides is 2. The lowest BCUT2D eigenvalue weighted by atomic mass is 10.1. The van der Waals surface area contributed by atoms with Crippen LogP contribution in [0.25, 0.3) is 6.08 Å². The van der Waals surface area contributed by atoms with Crippen molar-refractivity contribution in [1.29, 1.82) is 0 Å². The molecule has 0 atom stereocenters. The second-order valence-electron chi connectivity index (χ2n) is 6.17. The molecule has 3 rings (SSSR count). The van der Waals surface area contributed by atoms with Gasteiger partial charge in [-0.3, -0.25) is 14.5 Å². The van der Waals surface area contributed by atoms with E-state index in [0.29, 0.717) is 25.0 Å². The van der Waals surface area contributed by atoms with Gasteiger partial charge in [0.2, 0.25) is 5.91 Å². The Morgan fingerprint density at radius 3 is 2.57 bits per heavy atom. The molecule has 144 valence electrons. The molecular formula is C20H16Cl2N2O2S2. The minimum atomic E-state index is -0.241. The first-order valence-electron chi connectivity index (χ1n) is 8.40. The van der Waals surface area contributed by atoms with Crippen molar-refractivity contribution in [3.63, 3.8) is 0 Å². The number of hydrogen-bond donors (Lipinski definition) is 1. The minimum Gasteiger partial charge on any atom is -0.326 e. The standard InChI is InChI=1S/C20H16Cl2N2O2S2/c1-12-2-4-13(5-3-12)10-17-19(26)24(20(27)28-17)9-8-18(25)23-14-6-7-15(21)16(22)11-14/h2-7,10-11H,8-9H2,1H3,(H,23,25)/b17-10+. The van der Waals surface area contributed by atoms with Gasteiger partial charge in [-0.2, -0.15) is 0 Å². The number of carbonyl (C=O) groups excluding carboxylic acids is 2. The summed E-state index contributed by atoms with van der Waals surface area (Å²) in [6.07, 6.45) is 1.93. The average Bonchev–Trinajstić information content (AvgIpc) is 2.91. The Labute approximate surface area is 182 Å². The maximum absolute atomic E-state index is 12.6. The summed E-state index contributed by atoms with van der Waals surface area (Å²) in [6.45, 7) is 2.22. The average molecular weight is 451 g/mol. The quantitative estimate of drug-likeness (QED) is 0.480. The van der Waals surface area contributed by atoms with Gasteiger partial charge in [-0.25, -0.2) is 0 Å². The molecule has 4 nitrogen and oxygen atoms in total. The van der Waals surface area contributed by atoms with E-state index in [2.05, 4.69) is 5.32 Å². The molecule has 0 radical (unpaired) electrons. The van der Waals surface area contributed by atoms with Crippen molar-refractivity contribution >= 4 is 75.1 Å². The number of carbonyl (C=O) groups is 2. The molecule has 0 spiro atoms. The van der Waals surface area contributed by atoms with Crippen molar-refractivity contribution in [2.45, 2.75) is 13.3 Å². The van der Waals surface area contributed by atoms with Gasteiger partial charge in [-0.15, -0.1) is 0 Å². The number of aryl methyl sites for hydroxylation is 1. The number of hydrogen-bond acceptors (Lipinski definition) is 4.